The van der Waals surface area contributed by atoms with Gasteiger partial charge in [0.2, 0.25) is 10.0 Å². The maximum atomic E-state index is 12.5. The molecule has 0 spiro atoms. The first kappa shape index (κ1) is 19.6. The van der Waals surface area contributed by atoms with E-state index in [0.29, 0.717) is 5.56 Å². The Balaban J connectivity index is 1.60. The lowest BCUT2D eigenvalue weighted by atomic mass is 9.95. The molecule has 0 saturated heterocycles. The summed E-state index contributed by atoms with van der Waals surface area (Å²) < 4.78 is 27.5. The molecule has 1 fully saturated rings. The van der Waals surface area contributed by atoms with Crippen molar-refractivity contribution in [1.82, 2.24) is 10.0 Å². The van der Waals surface area contributed by atoms with Crippen molar-refractivity contribution in [3.05, 3.63) is 65.2 Å². The molecule has 1 aliphatic rings. The SMILES string of the molecule is Cc1ccc(CNS(=O)(=O)c2ccc(C(=O)NC3CCCCC3)cc2)cc1. The van der Waals surface area contributed by atoms with Crippen LogP contribution < -0.4 is 10.0 Å². The predicted molar refractivity (Wildman–Crippen MR) is 106 cm³/mol. The van der Waals surface area contributed by atoms with Crippen LogP contribution in [-0.2, 0) is 16.6 Å². The van der Waals surface area contributed by atoms with Gasteiger partial charge in [-0.1, -0.05) is 49.1 Å². The third-order valence-electron chi connectivity index (χ3n) is 4.95. The Morgan fingerprint density at radius 3 is 2.22 bits per heavy atom. The Hall–Kier alpha value is -2.18. The van der Waals surface area contributed by atoms with E-state index in [1.807, 2.05) is 31.2 Å². The third-order valence-corrected chi connectivity index (χ3v) is 6.37. The Morgan fingerprint density at radius 2 is 1.59 bits per heavy atom. The highest BCUT2D eigenvalue weighted by atomic mass is 32.2. The van der Waals surface area contributed by atoms with Crippen LogP contribution in [0.3, 0.4) is 0 Å². The summed E-state index contributed by atoms with van der Waals surface area (Å²) in [5, 5.41) is 3.04. The number of carbonyl (C=O) groups is 1. The monoisotopic (exact) mass is 386 g/mol. The number of aryl methyl sites for hydroxylation is 1. The lowest BCUT2D eigenvalue weighted by Crippen LogP contribution is -2.36. The molecule has 2 N–H and O–H groups in total. The Morgan fingerprint density at radius 1 is 0.963 bits per heavy atom. The van der Waals surface area contributed by atoms with E-state index in [4.69, 9.17) is 0 Å². The minimum atomic E-state index is -3.62. The fourth-order valence-electron chi connectivity index (χ4n) is 3.27. The molecule has 0 unspecified atom stereocenters. The molecular formula is C21H26N2O3S. The summed E-state index contributed by atoms with van der Waals surface area (Å²) in [7, 11) is -3.62. The van der Waals surface area contributed by atoms with E-state index in [9.17, 15) is 13.2 Å². The molecule has 1 amide bonds. The smallest absolute Gasteiger partial charge is 0.251 e. The van der Waals surface area contributed by atoms with E-state index in [2.05, 4.69) is 10.0 Å². The second kappa shape index (κ2) is 8.67. The van der Waals surface area contributed by atoms with Gasteiger partial charge in [-0.2, -0.15) is 0 Å². The number of sulfonamides is 1. The summed E-state index contributed by atoms with van der Waals surface area (Å²) in [6.45, 7) is 2.21. The fourth-order valence-corrected chi connectivity index (χ4v) is 4.29. The van der Waals surface area contributed by atoms with E-state index < -0.39 is 10.0 Å². The van der Waals surface area contributed by atoms with Crippen molar-refractivity contribution in [2.24, 2.45) is 0 Å². The van der Waals surface area contributed by atoms with Gasteiger partial charge >= 0.3 is 0 Å². The fraction of sp³-hybridized carbons (Fsp3) is 0.381. The quantitative estimate of drug-likeness (QED) is 0.797. The molecular weight excluding hydrogens is 360 g/mol. The number of hydrogen-bond donors (Lipinski definition) is 2. The van der Waals surface area contributed by atoms with Crippen LogP contribution in [0.2, 0.25) is 0 Å². The van der Waals surface area contributed by atoms with Crippen LogP contribution in [0.1, 0.15) is 53.6 Å². The van der Waals surface area contributed by atoms with Crippen LogP contribution >= 0.6 is 0 Å². The zero-order chi connectivity index (χ0) is 19.3. The van der Waals surface area contributed by atoms with E-state index >= 15 is 0 Å². The number of benzene rings is 2. The van der Waals surface area contributed by atoms with Gasteiger partial charge in [-0.15, -0.1) is 0 Å². The minimum absolute atomic E-state index is 0.140. The lowest BCUT2D eigenvalue weighted by Gasteiger charge is -2.22. The minimum Gasteiger partial charge on any atom is -0.349 e. The summed E-state index contributed by atoms with van der Waals surface area (Å²) in [6, 6.07) is 14.0. The summed E-state index contributed by atoms with van der Waals surface area (Å²) >= 11 is 0. The first-order valence-electron chi connectivity index (χ1n) is 9.40. The summed E-state index contributed by atoms with van der Waals surface area (Å²) in [6.07, 6.45) is 5.56. The molecule has 2 aromatic carbocycles. The highest BCUT2D eigenvalue weighted by molar-refractivity contribution is 7.89. The molecule has 1 saturated carbocycles. The molecule has 2 aromatic rings. The number of hydrogen-bond acceptors (Lipinski definition) is 3. The van der Waals surface area contributed by atoms with Crippen LogP contribution in [0.25, 0.3) is 0 Å². The van der Waals surface area contributed by atoms with Crippen LogP contribution in [-0.4, -0.2) is 20.4 Å². The van der Waals surface area contributed by atoms with Crippen LogP contribution in [0, 0.1) is 6.92 Å². The van der Waals surface area contributed by atoms with Gasteiger partial charge in [0, 0.05) is 18.2 Å². The molecule has 0 atom stereocenters. The zero-order valence-electron chi connectivity index (χ0n) is 15.6. The standard InChI is InChI=1S/C21H26N2O3S/c1-16-7-9-17(10-8-16)15-22-27(25,26)20-13-11-18(12-14-20)21(24)23-19-5-3-2-4-6-19/h7-14,19,22H,2-6,15H2,1H3,(H,23,24). The zero-order valence-corrected chi connectivity index (χ0v) is 16.4. The average Bonchev–Trinajstić information content (AvgIpc) is 2.68. The Kier molecular flexibility index (Phi) is 6.29. The first-order valence-corrected chi connectivity index (χ1v) is 10.9. The van der Waals surface area contributed by atoms with Crippen molar-refractivity contribution >= 4 is 15.9 Å². The topological polar surface area (TPSA) is 75.3 Å². The molecule has 0 heterocycles. The molecule has 6 heteroatoms. The third kappa shape index (κ3) is 5.40. The van der Waals surface area contributed by atoms with Crippen molar-refractivity contribution < 1.29 is 13.2 Å². The normalized spacial score (nSPS) is 15.4. The van der Waals surface area contributed by atoms with Crippen molar-refractivity contribution in [1.29, 1.82) is 0 Å². The molecule has 1 aliphatic carbocycles. The molecule has 0 aliphatic heterocycles. The van der Waals surface area contributed by atoms with Crippen LogP contribution in [0.4, 0.5) is 0 Å². The molecule has 3 rings (SSSR count). The van der Waals surface area contributed by atoms with Crippen molar-refractivity contribution in [2.75, 3.05) is 0 Å². The van der Waals surface area contributed by atoms with Crippen molar-refractivity contribution in [3.63, 3.8) is 0 Å². The maximum Gasteiger partial charge on any atom is 0.251 e. The van der Waals surface area contributed by atoms with Crippen LogP contribution in [0.5, 0.6) is 0 Å². The van der Waals surface area contributed by atoms with Gasteiger partial charge in [-0.25, -0.2) is 13.1 Å². The van der Waals surface area contributed by atoms with E-state index in [-0.39, 0.29) is 23.4 Å². The number of carbonyl (C=O) groups excluding carboxylic acids is 1. The van der Waals surface area contributed by atoms with Gasteiger partial charge < -0.3 is 5.32 Å². The molecule has 5 nitrogen and oxygen atoms in total. The largest absolute Gasteiger partial charge is 0.349 e. The molecule has 144 valence electrons. The molecule has 0 aromatic heterocycles. The number of amides is 1. The van der Waals surface area contributed by atoms with Gasteiger partial charge in [0.05, 0.1) is 4.90 Å². The molecule has 0 radical (unpaired) electrons. The first-order chi connectivity index (χ1) is 12.9. The van der Waals surface area contributed by atoms with Gasteiger partial charge in [-0.05, 0) is 49.6 Å². The summed E-state index contributed by atoms with van der Waals surface area (Å²) in [5.41, 5.74) is 2.51. The lowest BCUT2D eigenvalue weighted by molar-refractivity contribution is 0.0927. The van der Waals surface area contributed by atoms with Gasteiger partial charge in [0.1, 0.15) is 0 Å². The van der Waals surface area contributed by atoms with E-state index in [0.717, 1.165) is 36.8 Å². The highest BCUT2D eigenvalue weighted by Gasteiger charge is 2.18. The predicted octanol–water partition coefficient (Wildman–Crippen LogP) is 3.54. The molecule has 27 heavy (non-hydrogen) atoms. The average molecular weight is 387 g/mol. The second-order valence-electron chi connectivity index (χ2n) is 7.14. The van der Waals surface area contributed by atoms with E-state index in [1.165, 1.54) is 18.6 Å². The number of nitrogens with one attached hydrogen (secondary N) is 2. The van der Waals surface area contributed by atoms with Crippen LogP contribution in [0.15, 0.2) is 53.4 Å². The van der Waals surface area contributed by atoms with Crippen molar-refractivity contribution in [2.45, 2.75) is 56.5 Å². The van der Waals surface area contributed by atoms with E-state index in [1.54, 1.807) is 12.1 Å². The number of rotatable bonds is 6. The highest BCUT2D eigenvalue weighted by Crippen LogP contribution is 2.18. The summed E-state index contributed by atoms with van der Waals surface area (Å²) in [5.74, 6) is -0.140. The second-order valence-corrected chi connectivity index (χ2v) is 8.91. The molecule has 0 bridgehead atoms. The summed E-state index contributed by atoms with van der Waals surface area (Å²) in [4.78, 5) is 12.5. The van der Waals surface area contributed by atoms with Crippen molar-refractivity contribution in [3.8, 4) is 0 Å². The maximum absolute atomic E-state index is 12.5. The Labute approximate surface area is 161 Å². The Bertz CT molecular complexity index is 869. The van der Waals surface area contributed by atoms with Gasteiger partial charge in [0.15, 0.2) is 0 Å². The van der Waals surface area contributed by atoms with Gasteiger partial charge in [-0.3, -0.25) is 4.79 Å². The van der Waals surface area contributed by atoms with Gasteiger partial charge in [0.25, 0.3) is 5.91 Å².